The zero-order chi connectivity index (χ0) is 10.8. The molecule has 14 heavy (non-hydrogen) atoms. The van der Waals surface area contributed by atoms with E-state index < -0.39 is 12.3 Å². The minimum absolute atomic E-state index is 0.135. The maximum atomic E-state index is 12.1. The van der Waals surface area contributed by atoms with Crippen molar-refractivity contribution in [3.63, 3.8) is 0 Å². The third kappa shape index (κ3) is 3.46. The first-order valence-electron chi connectivity index (χ1n) is 4.87. The maximum Gasteiger partial charge on any atom is 0.414 e. The first-order chi connectivity index (χ1) is 6.39. The van der Waals surface area contributed by atoms with Gasteiger partial charge in [0.25, 0.3) is 0 Å². The van der Waals surface area contributed by atoms with Crippen LogP contribution in [0.2, 0.25) is 0 Å². The predicted octanol–water partition coefficient (Wildman–Crippen LogP) is 2.22. The second-order valence-electron chi connectivity index (χ2n) is 3.86. The van der Waals surface area contributed by atoms with E-state index >= 15 is 0 Å². The van der Waals surface area contributed by atoms with Crippen LogP contribution in [0.25, 0.3) is 0 Å². The number of halogens is 3. The van der Waals surface area contributed by atoms with Crippen LogP contribution in [-0.2, 0) is 4.74 Å². The number of hydrogen-bond acceptors (Lipinski definition) is 2. The van der Waals surface area contributed by atoms with Crippen molar-refractivity contribution in [2.45, 2.75) is 57.0 Å². The van der Waals surface area contributed by atoms with E-state index in [0.29, 0.717) is 12.8 Å². The molecule has 84 valence electrons. The summed E-state index contributed by atoms with van der Waals surface area (Å²) < 4.78 is 41.3. The minimum atomic E-state index is -4.25. The molecule has 1 aliphatic carbocycles. The van der Waals surface area contributed by atoms with Crippen molar-refractivity contribution in [1.82, 2.24) is 0 Å². The third-order valence-corrected chi connectivity index (χ3v) is 2.58. The highest BCUT2D eigenvalue weighted by Gasteiger charge is 2.38. The lowest BCUT2D eigenvalue weighted by Crippen LogP contribution is -2.36. The van der Waals surface area contributed by atoms with Gasteiger partial charge < -0.3 is 10.5 Å². The van der Waals surface area contributed by atoms with E-state index in [1.165, 1.54) is 0 Å². The third-order valence-electron chi connectivity index (χ3n) is 2.58. The maximum absolute atomic E-state index is 12.1. The number of nitrogens with two attached hydrogens (primary N) is 1. The van der Waals surface area contributed by atoms with Gasteiger partial charge in [-0.2, -0.15) is 13.2 Å². The van der Waals surface area contributed by atoms with E-state index in [0.717, 1.165) is 19.8 Å². The van der Waals surface area contributed by atoms with Gasteiger partial charge >= 0.3 is 6.18 Å². The van der Waals surface area contributed by atoms with Crippen LogP contribution >= 0.6 is 0 Å². The molecule has 0 heterocycles. The van der Waals surface area contributed by atoms with Gasteiger partial charge in [-0.05, 0) is 32.6 Å². The second-order valence-corrected chi connectivity index (χ2v) is 3.86. The first kappa shape index (κ1) is 11.8. The lowest BCUT2D eigenvalue weighted by molar-refractivity contribution is -0.229. The van der Waals surface area contributed by atoms with Crippen LogP contribution in [0.5, 0.6) is 0 Å². The Morgan fingerprint density at radius 3 is 2.14 bits per heavy atom. The second kappa shape index (κ2) is 4.49. The first-order valence-corrected chi connectivity index (χ1v) is 4.87. The summed E-state index contributed by atoms with van der Waals surface area (Å²) in [6.45, 7) is 1.05. The van der Waals surface area contributed by atoms with Crippen LogP contribution < -0.4 is 5.73 Å². The van der Waals surface area contributed by atoms with Crippen molar-refractivity contribution in [2.75, 3.05) is 0 Å². The molecule has 1 rings (SSSR count). The van der Waals surface area contributed by atoms with E-state index in [1.54, 1.807) is 0 Å². The van der Waals surface area contributed by atoms with E-state index in [9.17, 15) is 13.2 Å². The summed E-state index contributed by atoms with van der Waals surface area (Å²) in [5, 5.41) is 0. The van der Waals surface area contributed by atoms with Gasteiger partial charge in [0.1, 0.15) is 0 Å². The number of hydrogen-bond donors (Lipinski definition) is 1. The van der Waals surface area contributed by atoms with Crippen LogP contribution in [0, 0.1) is 0 Å². The lowest BCUT2D eigenvalue weighted by Gasteiger charge is -2.29. The highest BCUT2D eigenvalue weighted by molar-refractivity contribution is 4.76. The summed E-state index contributed by atoms with van der Waals surface area (Å²) in [6.07, 6.45) is -3.39. The molecule has 0 saturated heterocycles. The van der Waals surface area contributed by atoms with Gasteiger partial charge in [-0.3, -0.25) is 0 Å². The molecule has 0 amide bonds. The smallest absolute Gasteiger partial charge is 0.366 e. The molecule has 0 aromatic heterocycles. The van der Waals surface area contributed by atoms with Crippen molar-refractivity contribution < 1.29 is 17.9 Å². The molecule has 0 aromatic rings. The number of ether oxygens (including phenoxy) is 1. The summed E-state index contributed by atoms with van der Waals surface area (Å²) in [5.41, 5.74) is 5.64. The standard InChI is InChI=1S/C9H16F3NO/c1-6(9(10,11)12)14-8-4-2-7(13)3-5-8/h6-8H,2-5,13H2,1H3. The van der Waals surface area contributed by atoms with Gasteiger partial charge in [-0.25, -0.2) is 0 Å². The monoisotopic (exact) mass is 211 g/mol. The molecule has 1 fully saturated rings. The quantitative estimate of drug-likeness (QED) is 0.760. The highest BCUT2D eigenvalue weighted by Crippen LogP contribution is 2.27. The molecule has 1 atom stereocenters. The number of rotatable bonds is 2. The molecule has 5 heteroatoms. The Morgan fingerprint density at radius 2 is 1.71 bits per heavy atom. The summed E-state index contributed by atoms with van der Waals surface area (Å²) in [5.74, 6) is 0. The molecule has 0 aliphatic heterocycles. The zero-order valence-electron chi connectivity index (χ0n) is 8.18. The molecule has 0 radical (unpaired) electrons. The summed E-state index contributed by atoms with van der Waals surface area (Å²) in [6, 6.07) is 0.135. The van der Waals surface area contributed by atoms with Gasteiger partial charge in [-0.1, -0.05) is 0 Å². The van der Waals surface area contributed by atoms with Gasteiger partial charge in [0.15, 0.2) is 6.10 Å². The molecule has 1 saturated carbocycles. The predicted molar refractivity (Wildman–Crippen MR) is 46.8 cm³/mol. The summed E-state index contributed by atoms with van der Waals surface area (Å²) in [7, 11) is 0. The van der Waals surface area contributed by atoms with Gasteiger partial charge in [0.2, 0.25) is 0 Å². The highest BCUT2D eigenvalue weighted by atomic mass is 19.4. The fourth-order valence-electron chi connectivity index (χ4n) is 1.59. The molecular weight excluding hydrogens is 195 g/mol. The van der Waals surface area contributed by atoms with Crippen molar-refractivity contribution in [3.05, 3.63) is 0 Å². The van der Waals surface area contributed by atoms with E-state index in [-0.39, 0.29) is 12.1 Å². The average Bonchev–Trinajstić information content (AvgIpc) is 2.07. The van der Waals surface area contributed by atoms with Gasteiger partial charge in [-0.15, -0.1) is 0 Å². The van der Waals surface area contributed by atoms with Crippen LogP contribution in [0.1, 0.15) is 32.6 Å². The zero-order valence-corrected chi connectivity index (χ0v) is 8.18. The molecule has 1 unspecified atom stereocenters. The lowest BCUT2D eigenvalue weighted by atomic mass is 9.93. The molecular formula is C9H16F3NO. The fraction of sp³-hybridized carbons (Fsp3) is 1.00. The van der Waals surface area contributed by atoms with Crippen LogP contribution in [0.15, 0.2) is 0 Å². The molecule has 2 nitrogen and oxygen atoms in total. The Kier molecular flexibility index (Phi) is 3.78. The normalized spacial score (nSPS) is 31.5. The van der Waals surface area contributed by atoms with E-state index in [1.807, 2.05) is 0 Å². The fourth-order valence-corrected chi connectivity index (χ4v) is 1.59. The van der Waals surface area contributed by atoms with Gasteiger partial charge in [0, 0.05) is 6.04 Å². The van der Waals surface area contributed by atoms with E-state index in [4.69, 9.17) is 10.5 Å². The Labute approximate surface area is 81.6 Å². The minimum Gasteiger partial charge on any atom is -0.366 e. The Bertz CT molecular complexity index is 175. The van der Waals surface area contributed by atoms with Crippen LogP contribution in [0.4, 0.5) is 13.2 Å². The molecule has 0 bridgehead atoms. The van der Waals surface area contributed by atoms with Crippen molar-refractivity contribution in [2.24, 2.45) is 5.73 Å². The van der Waals surface area contributed by atoms with Crippen molar-refractivity contribution in [3.8, 4) is 0 Å². The summed E-state index contributed by atoms with van der Waals surface area (Å²) >= 11 is 0. The topological polar surface area (TPSA) is 35.2 Å². The molecule has 0 aromatic carbocycles. The molecule has 0 spiro atoms. The Balaban J connectivity index is 2.31. The average molecular weight is 211 g/mol. The molecule has 2 N–H and O–H groups in total. The Hall–Kier alpha value is -0.290. The largest absolute Gasteiger partial charge is 0.414 e. The van der Waals surface area contributed by atoms with Crippen molar-refractivity contribution >= 4 is 0 Å². The van der Waals surface area contributed by atoms with Crippen LogP contribution in [0.3, 0.4) is 0 Å². The van der Waals surface area contributed by atoms with Gasteiger partial charge in [0.05, 0.1) is 6.10 Å². The molecule has 1 aliphatic rings. The Morgan fingerprint density at radius 1 is 1.21 bits per heavy atom. The number of alkyl halides is 3. The van der Waals surface area contributed by atoms with Crippen molar-refractivity contribution in [1.29, 1.82) is 0 Å². The van der Waals surface area contributed by atoms with Crippen LogP contribution in [-0.4, -0.2) is 24.4 Å². The van der Waals surface area contributed by atoms with E-state index in [2.05, 4.69) is 0 Å². The summed E-state index contributed by atoms with van der Waals surface area (Å²) in [4.78, 5) is 0. The SMILES string of the molecule is CC(OC1CCC(N)CC1)C(F)(F)F.